The van der Waals surface area contributed by atoms with Gasteiger partial charge in [-0.25, -0.2) is 0 Å². The fraction of sp³-hybridized carbons (Fsp3) is 0.800. The smallest absolute Gasteiger partial charge is 0.277 e. The van der Waals surface area contributed by atoms with Gasteiger partial charge in [0.1, 0.15) is 0 Å². The van der Waals surface area contributed by atoms with E-state index in [4.69, 9.17) is 4.43 Å². The fourth-order valence-electron chi connectivity index (χ4n) is 0.226. The molecule has 2 heteroatoms. The highest BCUT2D eigenvalue weighted by atomic mass is 28.2. The molecule has 0 atom stereocenters. The van der Waals surface area contributed by atoms with Gasteiger partial charge in [0.05, 0.1) is 6.61 Å². The summed E-state index contributed by atoms with van der Waals surface area (Å²) in [6.07, 6.45) is 1.12. The van der Waals surface area contributed by atoms with Crippen LogP contribution in [0.25, 0.3) is 0 Å². The molecule has 0 bridgehead atoms. The van der Waals surface area contributed by atoms with E-state index in [9.17, 15) is 0 Å². The van der Waals surface area contributed by atoms with Gasteiger partial charge in [0.15, 0.2) is 0 Å². The summed E-state index contributed by atoms with van der Waals surface area (Å²) in [6, 6.07) is 0. The lowest BCUT2D eigenvalue weighted by Gasteiger charge is -1.87. The first-order valence-electron chi connectivity index (χ1n) is 2.60. The Morgan fingerprint density at radius 3 is 2.71 bits per heavy atom. The Kier molecular flexibility index (Phi) is 5.79. The molecule has 0 aliphatic carbocycles. The van der Waals surface area contributed by atoms with Crippen LogP contribution in [-0.4, -0.2) is 21.7 Å². The van der Waals surface area contributed by atoms with E-state index in [-0.39, 0.29) is 0 Å². The second-order valence-corrected chi connectivity index (χ2v) is 2.10. The Labute approximate surface area is 47.3 Å². The highest BCUT2D eigenvalue weighted by molar-refractivity contribution is 6.40. The first-order valence-corrected chi connectivity index (χ1v) is 3.59. The summed E-state index contributed by atoms with van der Waals surface area (Å²) >= 11 is 0. The van der Waals surface area contributed by atoms with Gasteiger partial charge in [-0.1, -0.05) is 12.6 Å². The van der Waals surface area contributed by atoms with Crippen molar-refractivity contribution in [3.63, 3.8) is 0 Å². The summed E-state index contributed by atoms with van der Waals surface area (Å²) in [4.78, 5) is 0. The molecular weight excluding hydrogens is 104 g/mol. The zero-order valence-corrected chi connectivity index (χ0v) is 5.90. The van der Waals surface area contributed by atoms with Gasteiger partial charge in [-0.05, 0) is 13.3 Å². The van der Waals surface area contributed by atoms with Crippen molar-refractivity contribution in [3.05, 3.63) is 0 Å². The predicted molar refractivity (Wildman–Crippen MR) is 33.7 cm³/mol. The van der Waals surface area contributed by atoms with E-state index >= 15 is 0 Å². The van der Waals surface area contributed by atoms with Crippen LogP contribution in [0, 0.1) is 0 Å². The highest BCUT2D eigenvalue weighted by Gasteiger charge is 1.68. The zero-order chi connectivity index (χ0) is 5.54. The van der Waals surface area contributed by atoms with Crippen molar-refractivity contribution in [2.24, 2.45) is 0 Å². The van der Waals surface area contributed by atoms with Crippen molar-refractivity contribution in [1.29, 1.82) is 0 Å². The summed E-state index contributed by atoms with van der Waals surface area (Å²) in [7, 11) is 0.607. The van der Waals surface area contributed by atoms with Crippen molar-refractivity contribution >= 4 is 15.0 Å². The quantitative estimate of drug-likeness (QED) is 0.496. The van der Waals surface area contributed by atoms with Crippen LogP contribution in [0.3, 0.4) is 0 Å². The van der Waals surface area contributed by atoms with E-state index in [1.54, 1.807) is 0 Å². The summed E-state index contributed by atoms with van der Waals surface area (Å²) < 4.78 is 5.05. The van der Waals surface area contributed by atoms with Gasteiger partial charge in [0, 0.05) is 0 Å². The molecule has 0 heterocycles. The average Bonchev–Trinajstić information content (AvgIpc) is 1.69. The molecule has 0 aliphatic heterocycles. The number of hydrogen-bond acceptors (Lipinski definition) is 1. The maximum absolute atomic E-state index is 5.05. The molecule has 0 amide bonds. The molecule has 7 heavy (non-hydrogen) atoms. The molecular formula is C5H11OSi. The molecule has 1 radical (unpaired) electrons. The molecule has 0 aromatic heterocycles. The maximum atomic E-state index is 5.05. The molecule has 1 nitrogen and oxygen atoms in total. The normalized spacial score (nSPS) is 10.0. The van der Waals surface area contributed by atoms with Crippen LogP contribution >= 0.6 is 0 Å². The van der Waals surface area contributed by atoms with Gasteiger partial charge in [0.2, 0.25) is 0 Å². The lowest BCUT2D eigenvalue weighted by Crippen LogP contribution is -1.90. The largest absolute Gasteiger partial charge is 0.548 e. The first kappa shape index (κ1) is 6.89. The van der Waals surface area contributed by atoms with Crippen LogP contribution in [-0.2, 0) is 4.43 Å². The van der Waals surface area contributed by atoms with Gasteiger partial charge < -0.3 is 4.43 Å². The topological polar surface area (TPSA) is 9.23 Å². The fourth-order valence-corrected chi connectivity index (χ4v) is 0.677. The summed E-state index contributed by atoms with van der Waals surface area (Å²) in [5, 5.41) is 0. The molecule has 0 aromatic rings. The van der Waals surface area contributed by atoms with Gasteiger partial charge >= 0.3 is 0 Å². The van der Waals surface area contributed by atoms with Gasteiger partial charge in [-0.2, -0.15) is 0 Å². The van der Waals surface area contributed by atoms with Crippen LogP contribution < -0.4 is 0 Å². The second kappa shape index (κ2) is 5.89. The van der Waals surface area contributed by atoms with Crippen LogP contribution in [0.1, 0.15) is 20.3 Å². The van der Waals surface area contributed by atoms with Gasteiger partial charge in [0.25, 0.3) is 9.38 Å². The Morgan fingerprint density at radius 1 is 1.57 bits per heavy atom. The third-order valence-electron chi connectivity index (χ3n) is 0.515. The lowest BCUT2D eigenvalue weighted by atomic mass is 10.6. The first-order chi connectivity index (χ1) is 3.41. The third kappa shape index (κ3) is 5.89. The van der Waals surface area contributed by atoms with Crippen molar-refractivity contribution in [2.45, 2.75) is 20.3 Å². The SMILES string of the molecule is CCC=[Si]OCC. The molecule has 0 aromatic carbocycles. The minimum atomic E-state index is 0.607. The molecule has 0 aliphatic rings. The van der Waals surface area contributed by atoms with Crippen molar-refractivity contribution in [2.75, 3.05) is 6.61 Å². The van der Waals surface area contributed by atoms with Gasteiger partial charge in [-0.3, -0.25) is 0 Å². The number of rotatable bonds is 3. The Balaban J connectivity index is 2.78. The van der Waals surface area contributed by atoms with Crippen LogP contribution in [0.15, 0.2) is 0 Å². The lowest BCUT2D eigenvalue weighted by molar-refractivity contribution is 0.372. The van der Waals surface area contributed by atoms with E-state index in [1.165, 1.54) is 0 Å². The van der Waals surface area contributed by atoms with Crippen molar-refractivity contribution in [3.8, 4) is 0 Å². The Hall–Kier alpha value is -0.113. The molecule has 0 saturated carbocycles. The predicted octanol–water partition coefficient (Wildman–Crippen LogP) is 0.854. The molecule has 0 rings (SSSR count). The van der Waals surface area contributed by atoms with Gasteiger partial charge in [-0.15, -0.1) is 0 Å². The Morgan fingerprint density at radius 2 is 2.29 bits per heavy atom. The number of hydrogen-bond donors (Lipinski definition) is 0. The van der Waals surface area contributed by atoms with E-state index in [1.807, 2.05) is 6.92 Å². The van der Waals surface area contributed by atoms with Crippen molar-refractivity contribution < 1.29 is 4.43 Å². The highest BCUT2D eigenvalue weighted by Crippen LogP contribution is 1.62. The van der Waals surface area contributed by atoms with Crippen LogP contribution in [0.2, 0.25) is 0 Å². The minimum absolute atomic E-state index is 0.607. The zero-order valence-electron chi connectivity index (χ0n) is 4.90. The Bertz CT molecular complexity index is 52.0. The molecule has 0 N–H and O–H groups in total. The van der Waals surface area contributed by atoms with E-state index in [2.05, 4.69) is 12.6 Å². The summed E-state index contributed by atoms with van der Waals surface area (Å²) in [5.74, 6) is 0. The van der Waals surface area contributed by atoms with E-state index in [0.717, 1.165) is 13.0 Å². The maximum Gasteiger partial charge on any atom is 0.277 e. The molecule has 0 spiro atoms. The molecule has 0 saturated heterocycles. The summed E-state index contributed by atoms with van der Waals surface area (Å²) in [6.45, 7) is 4.97. The third-order valence-corrected chi connectivity index (χ3v) is 1.55. The standard InChI is InChI=1S/C5H11OSi/c1-3-5-7-6-4-2/h5H,3-4H2,1-2H3. The second-order valence-electron chi connectivity index (χ2n) is 1.16. The molecule has 0 fully saturated rings. The minimum Gasteiger partial charge on any atom is -0.548 e. The monoisotopic (exact) mass is 115 g/mol. The van der Waals surface area contributed by atoms with E-state index in [0.29, 0.717) is 9.38 Å². The van der Waals surface area contributed by atoms with Crippen molar-refractivity contribution in [1.82, 2.24) is 0 Å². The van der Waals surface area contributed by atoms with Crippen LogP contribution in [0.5, 0.6) is 0 Å². The average molecular weight is 115 g/mol. The van der Waals surface area contributed by atoms with Crippen LogP contribution in [0.4, 0.5) is 0 Å². The molecule has 41 valence electrons. The van der Waals surface area contributed by atoms with E-state index < -0.39 is 0 Å². The molecule has 0 unspecified atom stereocenters. The summed E-state index contributed by atoms with van der Waals surface area (Å²) in [5.41, 5.74) is 2.14.